The Morgan fingerprint density at radius 1 is 1.17 bits per heavy atom. The predicted octanol–water partition coefficient (Wildman–Crippen LogP) is 6.08. The van der Waals surface area contributed by atoms with Gasteiger partial charge in [-0.2, -0.15) is 0 Å². The SMILES string of the molecule is C/C=C(\C=C/C(C)=C(C)C)C(=O)CCCC1CCN(Cc2cccc(N)c2)CC1. The summed E-state index contributed by atoms with van der Waals surface area (Å²) in [7, 11) is 0. The number of nitrogen functional groups attached to an aromatic ring is 1. The second-order valence-electron chi connectivity index (χ2n) is 8.54. The Labute approximate surface area is 177 Å². The Bertz CT molecular complexity index is 761. The molecule has 29 heavy (non-hydrogen) atoms. The summed E-state index contributed by atoms with van der Waals surface area (Å²) in [6, 6.07) is 8.20. The summed E-state index contributed by atoms with van der Waals surface area (Å²) in [5.41, 5.74) is 11.4. The molecule has 2 N–H and O–H groups in total. The van der Waals surface area contributed by atoms with E-state index in [4.69, 9.17) is 5.73 Å². The minimum absolute atomic E-state index is 0.268. The number of piperidine rings is 1. The molecule has 0 bridgehead atoms. The maximum Gasteiger partial charge on any atom is 0.162 e. The van der Waals surface area contributed by atoms with Crippen LogP contribution in [0.15, 0.2) is 59.2 Å². The molecule has 0 spiro atoms. The highest BCUT2D eigenvalue weighted by molar-refractivity contribution is 5.97. The molecule has 0 amide bonds. The molecule has 1 aromatic carbocycles. The smallest absolute Gasteiger partial charge is 0.162 e. The number of rotatable bonds is 9. The highest BCUT2D eigenvalue weighted by atomic mass is 16.1. The van der Waals surface area contributed by atoms with Gasteiger partial charge in [-0.05, 0) is 90.1 Å². The quantitative estimate of drug-likeness (QED) is 0.314. The maximum atomic E-state index is 12.5. The average Bonchev–Trinajstić information content (AvgIpc) is 2.69. The third-order valence-corrected chi connectivity index (χ3v) is 6.02. The lowest BCUT2D eigenvalue weighted by Gasteiger charge is -2.32. The first-order valence-electron chi connectivity index (χ1n) is 11.0. The van der Waals surface area contributed by atoms with E-state index in [1.165, 1.54) is 29.6 Å². The van der Waals surface area contributed by atoms with Gasteiger partial charge in [-0.25, -0.2) is 0 Å². The normalized spacial score (nSPS) is 16.3. The van der Waals surface area contributed by atoms with Crippen molar-refractivity contribution in [3.8, 4) is 0 Å². The first-order chi connectivity index (χ1) is 13.9. The molecule has 1 heterocycles. The van der Waals surface area contributed by atoms with Crippen LogP contribution < -0.4 is 5.73 Å². The molecular weight excluding hydrogens is 356 g/mol. The van der Waals surface area contributed by atoms with Crippen LogP contribution in [-0.2, 0) is 11.3 Å². The molecule has 0 aromatic heterocycles. The second kappa shape index (κ2) is 11.8. The molecule has 1 aliphatic rings. The highest BCUT2D eigenvalue weighted by Gasteiger charge is 2.19. The zero-order valence-corrected chi connectivity index (χ0v) is 18.7. The van der Waals surface area contributed by atoms with Crippen molar-refractivity contribution in [1.82, 2.24) is 4.90 Å². The summed E-state index contributed by atoms with van der Waals surface area (Å²) in [6.07, 6.45) is 11.2. The van der Waals surface area contributed by atoms with E-state index in [9.17, 15) is 4.79 Å². The molecule has 0 unspecified atom stereocenters. The number of Topliss-reactive ketones (excluding diaryl/α,β-unsaturated/α-hetero) is 1. The van der Waals surface area contributed by atoms with Gasteiger partial charge in [0.05, 0.1) is 0 Å². The zero-order valence-electron chi connectivity index (χ0n) is 18.7. The molecule has 0 saturated carbocycles. The van der Waals surface area contributed by atoms with Crippen LogP contribution in [0.25, 0.3) is 0 Å². The topological polar surface area (TPSA) is 46.3 Å². The van der Waals surface area contributed by atoms with E-state index >= 15 is 0 Å². The van der Waals surface area contributed by atoms with Gasteiger partial charge in [-0.15, -0.1) is 0 Å². The number of anilines is 1. The van der Waals surface area contributed by atoms with E-state index < -0.39 is 0 Å². The number of hydrogen-bond acceptors (Lipinski definition) is 3. The molecule has 1 aromatic rings. The van der Waals surface area contributed by atoms with E-state index in [-0.39, 0.29) is 5.78 Å². The van der Waals surface area contributed by atoms with Crippen molar-refractivity contribution in [3.63, 3.8) is 0 Å². The van der Waals surface area contributed by atoms with Gasteiger partial charge in [0.2, 0.25) is 0 Å². The molecule has 0 aliphatic carbocycles. The van der Waals surface area contributed by atoms with E-state index in [1.807, 2.05) is 31.2 Å². The maximum absolute atomic E-state index is 12.5. The van der Waals surface area contributed by atoms with Crippen LogP contribution in [0.1, 0.15) is 65.4 Å². The van der Waals surface area contributed by atoms with Crippen molar-refractivity contribution in [2.75, 3.05) is 18.8 Å². The summed E-state index contributed by atoms with van der Waals surface area (Å²) >= 11 is 0. The van der Waals surface area contributed by atoms with Crippen LogP contribution in [0.5, 0.6) is 0 Å². The number of likely N-dealkylation sites (tertiary alicyclic amines) is 1. The third kappa shape index (κ3) is 8.02. The monoisotopic (exact) mass is 394 g/mol. The Kier molecular flexibility index (Phi) is 9.40. The molecule has 1 fully saturated rings. The Morgan fingerprint density at radius 2 is 1.90 bits per heavy atom. The standard InChI is InChI=1S/C26H38N2O/c1-5-24(13-12-21(4)20(2)3)26(29)11-7-8-22-14-16-28(17-15-22)19-23-9-6-10-25(27)18-23/h5-6,9-10,12-13,18,22H,7-8,11,14-17,19,27H2,1-4H3/b13-12-,24-5+. The predicted molar refractivity (Wildman–Crippen MR) is 125 cm³/mol. The largest absolute Gasteiger partial charge is 0.399 e. The molecule has 3 heteroatoms. The summed E-state index contributed by atoms with van der Waals surface area (Å²) in [4.78, 5) is 15.0. The average molecular weight is 395 g/mol. The van der Waals surface area contributed by atoms with Gasteiger partial charge in [0.1, 0.15) is 0 Å². The van der Waals surface area contributed by atoms with E-state index in [0.717, 1.165) is 49.7 Å². The number of allylic oxidation sites excluding steroid dienone is 6. The zero-order chi connectivity index (χ0) is 21.2. The van der Waals surface area contributed by atoms with E-state index in [1.54, 1.807) is 0 Å². The van der Waals surface area contributed by atoms with Crippen molar-refractivity contribution >= 4 is 11.5 Å². The number of hydrogen-bond donors (Lipinski definition) is 1. The van der Waals surface area contributed by atoms with Crippen LogP contribution in [0, 0.1) is 5.92 Å². The molecule has 0 radical (unpaired) electrons. The minimum atomic E-state index is 0.268. The molecule has 2 rings (SSSR count). The van der Waals surface area contributed by atoms with Crippen molar-refractivity contribution < 1.29 is 4.79 Å². The second-order valence-corrected chi connectivity index (χ2v) is 8.54. The highest BCUT2D eigenvalue weighted by Crippen LogP contribution is 2.24. The Hall–Kier alpha value is -2.13. The molecule has 1 aliphatic heterocycles. The summed E-state index contributed by atoms with van der Waals surface area (Å²) in [5, 5.41) is 0. The van der Waals surface area contributed by atoms with E-state index in [0.29, 0.717) is 6.42 Å². The number of carbonyl (C=O) groups is 1. The van der Waals surface area contributed by atoms with Crippen molar-refractivity contribution in [2.45, 2.75) is 66.3 Å². The number of benzene rings is 1. The van der Waals surface area contributed by atoms with Crippen molar-refractivity contribution in [2.24, 2.45) is 5.92 Å². The van der Waals surface area contributed by atoms with E-state index in [2.05, 4.69) is 43.9 Å². The van der Waals surface area contributed by atoms with Crippen molar-refractivity contribution in [3.05, 3.63) is 64.8 Å². The summed E-state index contributed by atoms with van der Waals surface area (Å²) in [6.45, 7) is 11.5. The number of nitrogens with zero attached hydrogens (tertiary/aromatic N) is 1. The summed E-state index contributed by atoms with van der Waals surface area (Å²) in [5.74, 6) is 1.02. The number of carbonyl (C=O) groups excluding carboxylic acids is 1. The fourth-order valence-electron chi connectivity index (χ4n) is 3.81. The summed E-state index contributed by atoms with van der Waals surface area (Å²) < 4.78 is 0. The number of nitrogens with two attached hydrogens (primary N) is 1. The Balaban J connectivity index is 1.70. The molecule has 1 saturated heterocycles. The third-order valence-electron chi connectivity index (χ3n) is 6.02. The molecule has 3 nitrogen and oxygen atoms in total. The van der Waals surface area contributed by atoms with Gasteiger partial charge in [0.15, 0.2) is 5.78 Å². The number of ketones is 1. The lowest BCUT2D eigenvalue weighted by Crippen LogP contribution is -2.33. The van der Waals surface area contributed by atoms with Gasteiger partial charge in [0.25, 0.3) is 0 Å². The van der Waals surface area contributed by atoms with Crippen molar-refractivity contribution in [1.29, 1.82) is 0 Å². The molecule has 0 atom stereocenters. The van der Waals surface area contributed by atoms with Gasteiger partial charge in [0, 0.05) is 24.2 Å². The van der Waals surface area contributed by atoms with Crippen LogP contribution in [0.4, 0.5) is 5.69 Å². The van der Waals surface area contributed by atoms with Crippen LogP contribution in [-0.4, -0.2) is 23.8 Å². The minimum Gasteiger partial charge on any atom is -0.399 e. The fourth-order valence-corrected chi connectivity index (χ4v) is 3.81. The van der Waals surface area contributed by atoms with Gasteiger partial charge < -0.3 is 5.73 Å². The molecule has 158 valence electrons. The van der Waals surface area contributed by atoms with Gasteiger partial charge in [-0.3, -0.25) is 9.69 Å². The van der Waals surface area contributed by atoms with Crippen LogP contribution in [0.2, 0.25) is 0 Å². The fraction of sp³-hybridized carbons (Fsp3) is 0.500. The molecular formula is C26H38N2O. The Morgan fingerprint density at radius 3 is 2.52 bits per heavy atom. The lowest BCUT2D eigenvalue weighted by molar-refractivity contribution is -0.115. The lowest BCUT2D eigenvalue weighted by atomic mass is 9.90. The van der Waals surface area contributed by atoms with Crippen LogP contribution in [0.3, 0.4) is 0 Å². The van der Waals surface area contributed by atoms with Crippen LogP contribution >= 0.6 is 0 Å². The first kappa shape index (κ1) is 23.2. The van der Waals surface area contributed by atoms with Gasteiger partial charge in [-0.1, -0.05) is 41.5 Å². The van der Waals surface area contributed by atoms with Gasteiger partial charge >= 0.3 is 0 Å². The first-order valence-corrected chi connectivity index (χ1v) is 11.0.